The zero-order valence-electron chi connectivity index (χ0n) is 11.2. The first-order valence-electron chi connectivity index (χ1n) is 6.75. The Labute approximate surface area is 115 Å². The van der Waals surface area contributed by atoms with E-state index in [0.29, 0.717) is 6.04 Å². The third-order valence-electron chi connectivity index (χ3n) is 3.76. The van der Waals surface area contributed by atoms with Gasteiger partial charge in [0.05, 0.1) is 7.11 Å². The minimum atomic E-state index is 0.637. The van der Waals surface area contributed by atoms with Crippen molar-refractivity contribution in [1.82, 2.24) is 5.32 Å². The fraction of sp³-hybridized carbons (Fsp3) is 0.600. The van der Waals surface area contributed by atoms with Crippen LogP contribution in [0.1, 0.15) is 38.2 Å². The molecule has 1 aromatic rings. The normalized spacial score (nSPS) is 23.9. The second-order valence-electron chi connectivity index (χ2n) is 5.31. The molecule has 1 saturated carbocycles. The number of hydrogen-bond donors (Lipinski definition) is 1. The van der Waals surface area contributed by atoms with Gasteiger partial charge in [0.1, 0.15) is 5.75 Å². The highest BCUT2D eigenvalue weighted by atomic mass is 35.5. The van der Waals surface area contributed by atoms with E-state index in [2.05, 4.69) is 12.2 Å². The van der Waals surface area contributed by atoms with Crippen LogP contribution in [0, 0.1) is 5.92 Å². The fourth-order valence-electron chi connectivity index (χ4n) is 2.76. The Hall–Kier alpha value is -0.730. The van der Waals surface area contributed by atoms with E-state index in [-0.39, 0.29) is 0 Å². The van der Waals surface area contributed by atoms with Crippen LogP contribution >= 0.6 is 11.6 Å². The molecule has 2 atom stereocenters. The van der Waals surface area contributed by atoms with Gasteiger partial charge in [0, 0.05) is 23.2 Å². The Balaban J connectivity index is 1.94. The van der Waals surface area contributed by atoms with E-state index >= 15 is 0 Å². The molecule has 0 bridgehead atoms. The van der Waals surface area contributed by atoms with Crippen molar-refractivity contribution in [3.05, 3.63) is 28.8 Å². The van der Waals surface area contributed by atoms with Crippen molar-refractivity contribution in [2.45, 2.75) is 45.2 Å². The van der Waals surface area contributed by atoms with Crippen molar-refractivity contribution in [3.63, 3.8) is 0 Å². The quantitative estimate of drug-likeness (QED) is 0.890. The smallest absolute Gasteiger partial charge is 0.123 e. The number of ether oxygens (including phenoxy) is 1. The van der Waals surface area contributed by atoms with Gasteiger partial charge in [0.2, 0.25) is 0 Å². The van der Waals surface area contributed by atoms with Gasteiger partial charge in [-0.2, -0.15) is 0 Å². The van der Waals surface area contributed by atoms with E-state index in [1.807, 2.05) is 18.2 Å². The Bertz CT molecular complexity index is 394. The first-order valence-corrected chi connectivity index (χ1v) is 7.12. The predicted octanol–water partition coefficient (Wildman–Crippen LogP) is 4.02. The lowest BCUT2D eigenvalue weighted by Crippen LogP contribution is -2.33. The van der Waals surface area contributed by atoms with Gasteiger partial charge in [-0.25, -0.2) is 0 Å². The molecule has 18 heavy (non-hydrogen) atoms. The Morgan fingerprint density at radius 3 is 2.94 bits per heavy atom. The number of methoxy groups -OCH3 is 1. The van der Waals surface area contributed by atoms with Crippen LogP contribution in [0.3, 0.4) is 0 Å². The fourth-order valence-corrected chi connectivity index (χ4v) is 2.95. The standard InChI is InChI=1S/C15H22ClNO/c1-11-4-3-5-14(8-11)17-10-12-9-13(16)6-7-15(12)18-2/h6-7,9,11,14,17H,3-5,8,10H2,1-2H3. The van der Waals surface area contributed by atoms with Gasteiger partial charge in [-0.3, -0.25) is 0 Å². The molecule has 0 heterocycles. The summed E-state index contributed by atoms with van der Waals surface area (Å²) < 4.78 is 5.36. The maximum absolute atomic E-state index is 6.04. The van der Waals surface area contributed by atoms with Crippen molar-refractivity contribution >= 4 is 11.6 Å². The van der Waals surface area contributed by atoms with Gasteiger partial charge in [0.15, 0.2) is 0 Å². The molecular formula is C15H22ClNO. The summed E-state index contributed by atoms with van der Waals surface area (Å²) in [5.74, 6) is 1.76. The zero-order chi connectivity index (χ0) is 13.0. The Morgan fingerprint density at radius 1 is 1.39 bits per heavy atom. The van der Waals surface area contributed by atoms with Gasteiger partial charge in [-0.15, -0.1) is 0 Å². The van der Waals surface area contributed by atoms with Crippen LogP contribution in [0.15, 0.2) is 18.2 Å². The van der Waals surface area contributed by atoms with Crippen LogP contribution in [-0.4, -0.2) is 13.2 Å². The Kier molecular flexibility index (Phi) is 4.90. The molecule has 1 aromatic carbocycles. The zero-order valence-corrected chi connectivity index (χ0v) is 12.0. The van der Waals surface area contributed by atoms with Crippen LogP contribution < -0.4 is 10.1 Å². The maximum Gasteiger partial charge on any atom is 0.123 e. The molecule has 0 aliphatic heterocycles. The summed E-state index contributed by atoms with van der Waals surface area (Å²) in [7, 11) is 1.70. The van der Waals surface area contributed by atoms with E-state index < -0.39 is 0 Å². The number of benzene rings is 1. The summed E-state index contributed by atoms with van der Waals surface area (Å²) in [6.07, 6.45) is 5.28. The molecule has 0 saturated heterocycles. The predicted molar refractivity (Wildman–Crippen MR) is 76.3 cm³/mol. The minimum absolute atomic E-state index is 0.637. The van der Waals surface area contributed by atoms with Gasteiger partial charge in [0.25, 0.3) is 0 Å². The van der Waals surface area contributed by atoms with Crippen molar-refractivity contribution in [2.24, 2.45) is 5.92 Å². The third-order valence-corrected chi connectivity index (χ3v) is 4.00. The summed E-state index contributed by atoms with van der Waals surface area (Å²) in [6.45, 7) is 3.18. The lowest BCUT2D eigenvalue weighted by molar-refractivity contribution is 0.299. The molecule has 0 spiro atoms. The number of hydrogen-bond acceptors (Lipinski definition) is 2. The van der Waals surface area contributed by atoms with Crippen LogP contribution in [0.25, 0.3) is 0 Å². The van der Waals surface area contributed by atoms with Gasteiger partial charge in [-0.1, -0.05) is 31.4 Å². The van der Waals surface area contributed by atoms with E-state index in [0.717, 1.165) is 28.8 Å². The maximum atomic E-state index is 6.04. The molecule has 0 aromatic heterocycles. The largest absolute Gasteiger partial charge is 0.496 e. The minimum Gasteiger partial charge on any atom is -0.496 e. The second kappa shape index (κ2) is 6.44. The van der Waals surface area contributed by atoms with E-state index in [9.17, 15) is 0 Å². The van der Waals surface area contributed by atoms with E-state index in [1.165, 1.54) is 25.7 Å². The SMILES string of the molecule is COc1ccc(Cl)cc1CNC1CCCC(C)C1. The average molecular weight is 268 g/mol. The van der Waals surface area contributed by atoms with Crippen molar-refractivity contribution in [3.8, 4) is 5.75 Å². The number of rotatable bonds is 4. The third kappa shape index (κ3) is 3.63. The van der Waals surface area contributed by atoms with Crippen LogP contribution in [-0.2, 0) is 6.54 Å². The second-order valence-corrected chi connectivity index (χ2v) is 5.74. The average Bonchev–Trinajstić information content (AvgIpc) is 2.37. The molecule has 1 aliphatic carbocycles. The summed E-state index contributed by atoms with van der Waals surface area (Å²) in [6, 6.07) is 6.42. The molecule has 1 aliphatic rings. The molecular weight excluding hydrogens is 246 g/mol. The van der Waals surface area contributed by atoms with E-state index in [4.69, 9.17) is 16.3 Å². The molecule has 2 unspecified atom stereocenters. The molecule has 100 valence electrons. The highest BCUT2D eigenvalue weighted by Crippen LogP contribution is 2.26. The molecule has 1 N–H and O–H groups in total. The molecule has 2 rings (SSSR count). The highest BCUT2D eigenvalue weighted by molar-refractivity contribution is 6.30. The topological polar surface area (TPSA) is 21.3 Å². The molecule has 0 radical (unpaired) electrons. The lowest BCUT2D eigenvalue weighted by atomic mass is 9.87. The number of nitrogens with one attached hydrogen (secondary N) is 1. The van der Waals surface area contributed by atoms with Crippen LogP contribution in [0.4, 0.5) is 0 Å². The monoisotopic (exact) mass is 267 g/mol. The van der Waals surface area contributed by atoms with Gasteiger partial charge < -0.3 is 10.1 Å². The van der Waals surface area contributed by atoms with Crippen molar-refractivity contribution in [2.75, 3.05) is 7.11 Å². The van der Waals surface area contributed by atoms with Crippen LogP contribution in [0.2, 0.25) is 5.02 Å². The summed E-state index contributed by atoms with van der Waals surface area (Å²) >= 11 is 6.04. The first-order chi connectivity index (χ1) is 8.69. The summed E-state index contributed by atoms with van der Waals surface area (Å²) in [5.41, 5.74) is 1.14. The Morgan fingerprint density at radius 2 is 2.22 bits per heavy atom. The van der Waals surface area contributed by atoms with Crippen molar-refractivity contribution in [1.29, 1.82) is 0 Å². The molecule has 2 nitrogen and oxygen atoms in total. The summed E-state index contributed by atoms with van der Waals surface area (Å²) in [5, 5.41) is 4.40. The van der Waals surface area contributed by atoms with Gasteiger partial charge >= 0.3 is 0 Å². The van der Waals surface area contributed by atoms with Crippen molar-refractivity contribution < 1.29 is 4.74 Å². The molecule has 0 amide bonds. The highest BCUT2D eigenvalue weighted by Gasteiger charge is 2.18. The first kappa shape index (κ1) is 13.7. The lowest BCUT2D eigenvalue weighted by Gasteiger charge is -2.27. The summed E-state index contributed by atoms with van der Waals surface area (Å²) in [4.78, 5) is 0. The van der Waals surface area contributed by atoms with Gasteiger partial charge in [-0.05, 0) is 37.0 Å². The van der Waals surface area contributed by atoms with Crippen LogP contribution in [0.5, 0.6) is 5.75 Å². The molecule has 1 fully saturated rings. The molecule has 3 heteroatoms. The number of halogens is 1. The van der Waals surface area contributed by atoms with E-state index in [1.54, 1.807) is 7.11 Å².